The SMILES string of the molecule is Cc1ccc(O)c(-c2cc(CC(=O)N(CCO)CCO)cc(-c3nc4ccc(C(=N)N)cc4[nH]3)c2O)c1. The molecule has 1 amide bonds. The molecule has 0 aliphatic heterocycles. The molecule has 8 N–H and O–H groups in total. The van der Waals surface area contributed by atoms with Crippen molar-refractivity contribution in [2.75, 3.05) is 26.3 Å². The molecular weight excluding hydrogens is 474 g/mol. The van der Waals surface area contributed by atoms with Gasteiger partial charge in [0.25, 0.3) is 0 Å². The monoisotopic (exact) mass is 503 g/mol. The van der Waals surface area contributed by atoms with Crippen molar-refractivity contribution in [3.63, 3.8) is 0 Å². The second-order valence-electron chi connectivity index (χ2n) is 8.80. The molecule has 0 saturated heterocycles. The number of fused-ring (bicyclic) bond motifs is 1. The van der Waals surface area contributed by atoms with Crippen molar-refractivity contribution in [1.82, 2.24) is 14.9 Å². The number of phenolic OH excluding ortho intramolecular Hbond substituents is 2. The lowest BCUT2D eigenvalue weighted by Gasteiger charge is -2.21. The number of nitrogens with one attached hydrogen (secondary N) is 2. The Morgan fingerprint density at radius 2 is 1.70 bits per heavy atom. The second kappa shape index (κ2) is 10.7. The average Bonchev–Trinajstić information content (AvgIpc) is 3.29. The van der Waals surface area contributed by atoms with Crippen LogP contribution >= 0.6 is 0 Å². The summed E-state index contributed by atoms with van der Waals surface area (Å²) >= 11 is 0. The molecule has 3 aromatic carbocycles. The van der Waals surface area contributed by atoms with Crippen molar-refractivity contribution >= 4 is 22.8 Å². The maximum Gasteiger partial charge on any atom is 0.227 e. The van der Waals surface area contributed by atoms with Gasteiger partial charge in [0.1, 0.15) is 23.2 Å². The summed E-state index contributed by atoms with van der Waals surface area (Å²) in [6.45, 7) is 1.55. The molecule has 0 radical (unpaired) electrons. The van der Waals surface area contributed by atoms with E-state index in [2.05, 4.69) is 9.97 Å². The summed E-state index contributed by atoms with van der Waals surface area (Å²) in [5, 5.41) is 48.2. The number of aromatic nitrogens is 2. The molecule has 10 heteroatoms. The van der Waals surface area contributed by atoms with E-state index < -0.39 is 0 Å². The van der Waals surface area contributed by atoms with E-state index in [4.69, 9.17) is 11.1 Å². The van der Waals surface area contributed by atoms with Gasteiger partial charge in [-0.05, 0) is 55.0 Å². The molecule has 0 aliphatic carbocycles. The number of nitrogens with zero attached hydrogens (tertiary/aromatic N) is 2. The van der Waals surface area contributed by atoms with Gasteiger partial charge >= 0.3 is 0 Å². The van der Waals surface area contributed by atoms with Crippen LogP contribution in [0.5, 0.6) is 11.5 Å². The molecule has 1 aromatic heterocycles. The van der Waals surface area contributed by atoms with Crippen molar-refractivity contribution in [3.8, 4) is 34.0 Å². The van der Waals surface area contributed by atoms with E-state index in [0.29, 0.717) is 44.7 Å². The van der Waals surface area contributed by atoms with Crippen LogP contribution in [0.25, 0.3) is 33.5 Å². The van der Waals surface area contributed by atoms with Gasteiger partial charge in [-0.1, -0.05) is 11.6 Å². The van der Waals surface area contributed by atoms with Gasteiger partial charge in [-0.2, -0.15) is 0 Å². The average molecular weight is 504 g/mol. The Kier molecular flexibility index (Phi) is 7.42. The van der Waals surface area contributed by atoms with Crippen molar-refractivity contribution in [1.29, 1.82) is 5.41 Å². The summed E-state index contributed by atoms with van der Waals surface area (Å²) in [5.74, 6) is -0.235. The minimum absolute atomic E-state index is 0.0341. The molecular formula is C27H29N5O5. The predicted molar refractivity (Wildman–Crippen MR) is 141 cm³/mol. The van der Waals surface area contributed by atoms with Gasteiger partial charge in [0.05, 0.1) is 36.2 Å². The highest BCUT2D eigenvalue weighted by atomic mass is 16.3. The number of aryl methyl sites for hydroxylation is 1. The Morgan fingerprint density at radius 3 is 2.38 bits per heavy atom. The topological polar surface area (TPSA) is 180 Å². The number of aromatic hydroxyl groups is 2. The maximum atomic E-state index is 13.0. The fourth-order valence-electron chi connectivity index (χ4n) is 4.24. The van der Waals surface area contributed by atoms with Crippen LogP contribution < -0.4 is 5.73 Å². The first-order valence-corrected chi connectivity index (χ1v) is 11.7. The van der Waals surface area contributed by atoms with Gasteiger partial charge in [-0.3, -0.25) is 10.2 Å². The first kappa shape index (κ1) is 25.7. The fourth-order valence-corrected chi connectivity index (χ4v) is 4.24. The number of carbonyl (C=O) groups excluding carboxylic acids is 1. The third-order valence-electron chi connectivity index (χ3n) is 6.11. The molecule has 192 valence electrons. The number of imidazole rings is 1. The molecule has 0 saturated carbocycles. The Balaban J connectivity index is 1.87. The van der Waals surface area contributed by atoms with Crippen LogP contribution in [0, 0.1) is 12.3 Å². The summed E-state index contributed by atoms with van der Waals surface area (Å²) in [7, 11) is 0. The number of amides is 1. The highest BCUT2D eigenvalue weighted by molar-refractivity contribution is 5.98. The molecule has 0 atom stereocenters. The Hall–Kier alpha value is -4.41. The van der Waals surface area contributed by atoms with Crippen LogP contribution in [-0.2, 0) is 11.2 Å². The number of nitrogens with two attached hydrogens (primary N) is 1. The van der Waals surface area contributed by atoms with Crippen LogP contribution in [-0.4, -0.2) is 73.3 Å². The lowest BCUT2D eigenvalue weighted by molar-refractivity contribution is -0.131. The van der Waals surface area contributed by atoms with E-state index in [0.717, 1.165) is 5.56 Å². The van der Waals surface area contributed by atoms with Gasteiger partial charge in [0.2, 0.25) is 5.91 Å². The Bertz CT molecular complexity index is 1470. The fraction of sp³-hybridized carbons (Fsp3) is 0.222. The molecule has 4 aromatic rings. The predicted octanol–water partition coefficient (Wildman–Crippen LogP) is 2.26. The van der Waals surface area contributed by atoms with Gasteiger partial charge in [0, 0.05) is 29.8 Å². The zero-order valence-electron chi connectivity index (χ0n) is 20.3. The minimum Gasteiger partial charge on any atom is -0.507 e. The number of hydrogen-bond acceptors (Lipinski definition) is 7. The highest BCUT2D eigenvalue weighted by Gasteiger charge is 2.21. The van der Waals surface area contributed by atoms with Crippen LogP contribution in [0.15, 0.2) is 48.5 Å². The smallest absolute Gasteiger partial charge is 0.227 e. The van der Waals surface area contributed by atoms with Gasteiger partial charge in [-0.15, -0.1) is 0 Å². The van der Waals surface area contributed by atoms with Gasteiger partial charge in [-0.25, -0.2) is 4.98 Å². The lowest BCUT2D eigenvalue weighted by Crippen LogP contribution is -2.36. The van der Waals surface area contributed by atoms with E-state index in [9.17, 15) is 25.2 Å². The lowest BCUT2D eigenvalue weighted by atomic mass is 9.94. The van der Waals surface area contributed by atoms with Crippen LogP contribution in [0.3, 0.4) is 0 Å². The summed E-state index contributed by atoms with van der Waals surface area (Å²) in [6, 6.07) is 13.4. The molecule has 1 heterocycles. The van der Waals surface area contributed by atoms with E-state index in [-0.39, 0.29) is 56.0 Å². The number of H-pyrrole nitrogens is 1. The van der Waals surface area contributed by atoms with Gasteiger partial charge in [0.15, 0.2) is 0 Å². The molecule has 4 rings (SSSR count). The molecule has 0 unspecified atom stereocenters. The quantitative estimate of drug-likeness (QED) is 0.135. The number of phenols is 2. The standard InChI is InChI=1S/C27H29N5O5/c1-15-2-5-23(35)18(10-15)19-11-16(13-24(36)32(6-8-33)7-9-34)12-20(25(19)37)27-30-21-4-3-17(26(28)29)14-22(21)31-27/h2-5,10-12,14,33-35,37H,6-9,13H2,1H3,(H3,28,29)(H,30,31). The zero-order chi connectivity index (χ0) is 26.7. The number of nitrogen functional groups attached to an aromatic ring is 1. The second-order valence-corrected chi connectivity index (χ2v) is 8.80. The van der Waals surface area contributed by atoms with Crippen molar-refractivity contribution in [2.24, 2.45) is 5.73 Å². The number of benzene rings is 3. The number of aromatic amines is 1. The number of hydrogen-bond donors (Lipinski definition) is 7. The number of carbonyl (C=O) groups is 1. The number of aliphatic hydroxyl groups excluding tert-OH is 2. The number of aliphatic hydroxyl groups is 2. The maximum absolute atomic E-state index is 13.0. The van der Waals surface area contributed by atoms with Crippen LogP contribution in [0.1, 0.15) is 16.7 Å². The van der Waals surface area contributed by atoms with Crippen molar-refractivity contribution in [3.05, 3.63) is 65.2 Å². The first-order valence-electron chi connectivity index (χ1n) is 11.7. The third-order valence-corrected chi connectivity index (χ3v) is 6.11. The minimum atomic E-state index is -0.310. The number of amidine groups is 1. The molecule has 0 bridgehead atoms. The first-order chi connectivity index (χ1) is 17.7. The number of rotatable bonds is 9. The van der Waals surface area contributed by atoms with E-state index in [1.165, 1.54) is 11.0 Å². The van der Waals surface area contributed by atoms with Crippen molar-refractivity contribution < 1.29 is 25.2 Å². The summed E-state index contributed by atoms with van der Waals surface area (Å²) in [5.41, 5.74) is 9.78. The zero-order valence-corrected chi connectivity index (χ0v) is 20.3. The normalized spacial score (nSPS) is 11.1. The summed E-state index contributed by atoms with van der Waals surface area (Å²) in [4.78, 5) is 22.1. The Morgan fingerprint density at radius 1 is 1.00 bits per heavy atom. The van der Waals surface area contributed by atoms with Crippen molar-refractivity contribution in [2.45, 2.75) is 13.3 Å². The molecule has 0 aliphatic rings. The molecule has 10 nitrogen and oxygen atoms in total. The van der Waals surface area contributed by atoms with E-state index in [1.807, 2.05) is 6.92 Å². The third kappa shape index (κ3) is 5.40. The van der Waals surface area contributed by atoms with Gasteiger partial charge < -0.3 is 36.0 Å². The summed E-state index contributed by atoms with van der Waals surface area (Å²) < 4.78 is 0. The molecule has 37 heavy (non-hydrogen) atoms. The van der Waals surface area contributed by atoms with Crippen LogP contribution in [0.4, 0.5) is 0 Å². The van der Waals surface area contributed by atoms with E-state index in [1.54, 1.807) is 42.5 Å². The Labute approximate surface area is 213 Å². The molecule has 0 fully saturated rings. The van der Waals surface area contributed by atoms with Crippen LogP contribution in [0.2, 0.25) is 0 Å². The highest BCUT2D eigenvalue weighted by Crippen LogP contribution is 2.42. The largest absolute Gasteiger partial charge is 0.507 e. The molecule has 0 spiro atoms. The summed E-state index contributed by atoms with van der Waals surface area (Å²) in [6.07, 6.45) is -0.0679. The van der Waals surface area contributed by atoms with E-state index >= 15 is 0 Å².